The fourth-order valence-electron chi connectivity index (χ4n) is 2.57. The smallest absolute Gasteiger partial charge is 0.274 e. The van der Waals surface area contributed by atoms with E-state index in [1.807, 2.05) is 6.92 Å². The molecule has 6 nitrogen and oxygen atoms in total. The average Bonchev–Trinajstić information content (AvgIpc) is 2.73. The molecule has 96 valence electrons. The summed E-state index contributed by atoms with van der Waals surface area (Å²) < 4.78 is 1.43. The van der Waals surface area contributed by atoms with Crippen molar-refractivity contribution in [1.29, 1.82) is 0 Å². The summed E-state index contributed by atoms with van der Waals surface area (Å²) in [4.78, 5) is 20.5. The first-order valence-corrected chi connectivity index (χ1v) is 6.33. The lowest BCUT2D eigenvalue weighted by atomic mass is 9.93. The predicted octanol–water partition coefficient (Wildman–Crippen LogP) is 0.582. The molecule has 2 aromatic rings. The number of rotatable bonds is 1. The minimum atomic E-state index is -0.0989. The Kier molecular flexibility index (Phi) is 2.66. The molecule has 0 aromatic carbocycles. The minimum absolute atomic E-state index is 0.0989. The van der Waals surface area contributed by atoms with E-state index >= 15 is 0 Å². The molecule has 0 amide bonds. The van der Waals surface area contributed by atoms with Gasteiger partial charge in [-0.3, -0.25) is 9.89 Å². The van der Waals surface area contributed by atoms with E-state index in [4.69, 9.17) is 0 Å². The first kappa shape index (κ1) is 11.4. The van der Waals surface area contributed by atoms with Gasteiger partial charge in [-0.25, -0.2) is 4.98 Å². The number of H-pyrrole nitrogens is 1. The topological polar surface area (TPSA) is 75.1 Å². The van der Waals surface area contributed by atoms with Crippen molar-refractivity contribution in [2.75, 3.05) is 6.54 Å². The minimum Gasteiger partial charge on any atom is -0.314 e. The van der Waals surface area contributed by atoms with Crippen LogP contribution in [0.3, 0.4) is 0 Å². The molecule has 0 saturated carbocycles. The van der Waals surface area contributed by atoms with Crippen LogP contribution in [0.25, 0.3) is 5.78 Å². The van der Waals surface area contributed by atoms with Crippen LogP contribution in [0.15, 0.2) is 10.9 Å². The van der Waals surface area contributed by atoms with Gasteiger partial charge in [-0.15, -0.1) is 0 Å². The zero-order chi connectivity index (χ0) is 12.7. The monoisotopic (exact) mass is 247 g/mol. The molecule has 6 heteroatoms. The molecule has 0 radical (unpaired) electrons. The van der Waals surface area contributed by atoms with Gasteiger partial charge < -0.3 is 5.32 Å². The van der Waals surface area contributed by atoms with E-state index in [2.05, 4.69) is 27.3 Å². The summed E-state index contributed by atoms with van der Waals surface area (Å²) in [6.07, 6.45) is 2.07. The molecule has 3 rings (SSSR count). The van der Waals surface area contributed by atoms with Crippen LogP contribution in [-0.4, -0.2) is 32.2 Å². The summed E-state index contributed by atoms with van der Waals surface area (Å²) in [7, 11) is 0. The number of aromatic amines is 1. The van der Waals surface area contributed by atoms with Crippen molar-refractivity contribution < 1.29 is 0 Å². The van der Waals surface area contributed by atoms with Crippen molar-refractivity contribution >= 4 is 5.78 Å². The lowest BCUT2D eigenvalue weighted by Gasteiger charge is -2.26. The molecule has 0 spiro atoms. The van der Waals surface area contributed by atoms with Crippen molar-refractivity contribution in [3.05, 3.63) is 27.9 Å². The van der Waals surface area contributed by atoms with Crippen molar-refractivity contribution in [2.24, 2.45) is 0 Å². The summed E-state index contributed by atoms with van der Waals surface area (Å²) in [5.41, 5.74) is 0.606. The number of aromatic nitrogens is 4. The molecule has 1 saturated heterocycles. The predicted molar refractivity (Wildman–Crippen MR) is 67.8 cm³/mol. The molecule has 2 atom stereocenters. The Balaban J connectivity index is 2.03. The van der Waals surface area contributed by atoms with Gasteiger partial charge in [0.1, 0.15) is 5.82 Å². The summed E-state index contributed by atoms with van der Waals surface area (Å²) in [5, 5.41) is 6.49. The van der Waals surface area contributed by atoms with Gasteiger partial charge in [0.05, 0.1) is 0 Å². The molecule has 2 aromatic heterocycles. The Hall–Kier alpha value is -1.69. The highest BCUT2D eigenvalue weighted by Gasteiger charge is 2.23. The van der Waals surface area contributed by atoms with Gasteiger partial charge in [0.15, 0.2) is 0 Å². The normalized spacial score (nSPS) is 24.6. The second-order valence-electron chi connectivity index (χ2n) is 5.06. The lowest BCUT2D eigenvalue weighted by Crippen LogP contribution is -2.35. The molecule has 1 aliphatic heterocycles. The number of piperidine rings is 1. The Morgan fingerprint density at radius 3 is 3.06 bits per heavy atom. The second-order valence-corrected chi connectivity index (χ2v) is 5.06. The maximum absolute atomic E-state index is 11.8. The maximum atomic E-state index is 11.8. The summed E-state index contributed by atoms with van der Waals surface area (Å²) >= 11 is 0. The molecule has 3 heterocycles. The van der Waals surface area contributed by atoms with Crippen LogP contribution in [0.1, 0.15) is 37.2 Å². The van der Waals surface area contributed by atoms with Gasteiger partial charge in [-0.05, 0) is 33.2 Å². The summed E-state index contributed by atoms with van der Waals surface area (Å²) in [5.74, 6) is 1.72. The maximum Gasteiger partial charge on any atom is 0.274 e. The molecule has 18 heavy (non-hydrogen) atoms. The Labute approximate surface area is 104 Å². The highest BCUT2D eigenvalue weighted by atomic mass is 16.1. The molecule has 2 N–H and O–H groups in total. The molecule has 2 unspecified atom stereocenters. The highest BCUT2D eigenvalue weighted by Crippen LogP contribution is 2.24. The molecule has 0 bridgehead atoms. The summed E-state index contributed by atoms with van der Waals surface area (Å²) in [6.45, 7) is 4.97. The van der Waals surface area contributed by atoms with Crippen molar-refractivity contribution in [1.82, 2.24) is 24.9 Å². The van der Waals surface area contributed by atoms with Gasteiger partial charge in [-0.2, -0.15) is 9.50 Å². The second kappa shape index (κ2) is 4.20. The van der Waals surface area contributed by atoms with Crippen LogP contribution in [0.2, 0.25) is 0 Å². The number of hydrogen-bond donors (Lipinski definition) is 2. The van der Waals surface area contributed by atoms with E-state index < -0.39 is 0 Å². The number of nitrogens with zero attached hydrogens (tertiary/aromatic N) is 3. The van der Waals surface area contributed by atoms with Gasteiger partial charge >= 0.3 is 0 Å². The van der Waals surface area contributed by atoms with Gasteiger partial charge in [-0.1, -0.05) is 0 Å². The number of fused-ring (bicyclic) bond motifs is 1. The van der Waals surface area contributed by atoms with Crippen LogP contribution in [0.4, 0.5) is 0 Å². The van der Waals surface area contributed by atoms with Crippen LogP contribution in [-0.2, 0) is 0 Å². The number of nitrogens with one attached hydrogen (secondary N) is 2. The standard InChI is InChI=1S/C12H17N5O/c1-7-5-9(3-4-13-7)11-15-12-14-8(2)6-10(18)17(12)16-11/h6-7,9,13H,3-5H2,1-2H3,(H,14,15,16). The SMILES string of the molecule is Cc1cc(=O)n2[nH]c(C3CCNC(C)C3)nc2n1. The molecular formula is C12H17N5O. The fraction of sp³-hybridized carbons (Fsp3) is 0.583. The van der Waals surface area contributed by atoms with Crippen LogP contribution in [0, 0.1) is 6.92 Å². The molecule has 0 aliphatic carbocycles. The average molecular weight is 247 g/mol. The van der Waals surface area contributed by atoms with E-state index in [1.165, 1.54) is 10.6 Å². The van der Waals surface area contributed by atoms with E-state index in [0.717, 1.165) is 25.2 Å². The number of hydrogen-bond acceptors (Lipinski definition) is 4. The van der Waals surface area contributed by atoms with E-state index in [1.54, 1.807) is 0 Å². The molecule has 1 fully saturated rings. The zero-order valence-corrected chi connectivity index (χ0v) is 10.6. The zero-order valence-electron chi connectivity index (χ0n) is 10.6. The molecule has 1 aliphatic rings. The first-order chi connectivity index (χ1) is 8.63. The summed E-state index contributed by atoms with van der Waals surface area (Å²) in [6, 6.07) is 2.00. The van der Waals surface area contributed by atoms with Crippen molar-refractivity contribution in [3.63, 3.8) is 0 Å². The van der Waals surface area contributed by atoms with Gasteiger partial charge in [0, 0.05) is 23.7 Å². The van der Waals surface area contributed by atoms with Crippen LogP contribution < -0.4 is 10.9 Å². The third-order valence-corrected chi connectivity index (χ3v) is 3.49. The third-order valence-electron chi connectivity index (χ3n) is 3.49. The fourth-order valence-corrected chi connectivity index (χ4v) is 2.57. The van der Waals surface area contributed by atoms with Crippen LogP contribution >= 0.6 is 0 Å². The molecular weight excluding hydrogens is 230 g/mol. The number of aryl methyl sites for hydroxylation is 1. The van der Waals surface area contributed by atoms with E-state index in [0.29, 0.717) is 23.4 Å². The first-order valence-electron chi connectivity index (χ1n) is 6.33. The Morgan fingerprint density at radius 1 is 1.44 bits per heavy atom. The largest absolute Gasteiger partial charge is 0.314 e. The Bertz CT molecular complexity index is 629. The Morgan fingerprint density at radius 2 is 2.28 bits per heavy atom. The van der Waals surface area contributed by atoms with E-state index in [-0.39, 0.29) is 5.56 Å². The third kappa shape index (κ3) is 1.92. The highest BCUT2D eigenvalue weighted by molar-refractivity contribution is 5.28. The van der Waals surface area contributed by atoms with Gasteiger partial charge in [0.2, 0.25) is 0 Å². The van der Waals surface area contributed by atoms with Gasteiger partial charge in [0.25, 0.3) is 11.3 Å². The lowest BCUT2D eigenvalue weighted by molar-refractivity contribution is 0.371. The van der Waals surface area contributed by atoms with E-state index in [9.17, 15) is 4.79 Å². The quantitative estimate of drug-likeness (QED) is 0.773. The van der Waals surface area contributed by atoms with Crippen molar-refractivity contribution in [2.45, 2.75) is 38.6 Å². The van der Waals surface area contributed by atoms with Crippen molar-refractivity contribution in [3.8, 4) is 0 Å². The van der Waals surface area contributed by atoms with Crippen LogP contribution in [0.5, 0.6) is 0 Å².